The second-order valence-corrected chi connectivity index (χ2v) is 4.69. The third-order valence-electron chi connectivity index (χ3n) is 1.81. The third kappa shape index (κ3) is 2.88. The lowest BCUT2D eigenvalue weighted by Gasteiger charge is -2.05. The van der Waals surface area contributed by atoms with Crippen LogP contribution in [0.15, 0.2) is 41.0 Å². The van der Waals surface area contributed by atoms with Crippen LogP contribution in [0.2, 0.25) is 10.0 Å². The van der Waals surface area contributed by atoms with Gasteiger partial charge in [0.1, 0.15) is 5.75 Å². The molecule has 0 aliphatic rings. The van der Waals surface area contributed by atoms with Crippen LogP contribution in [0.3, 0.4) is 0 Å². The number of hydrogen-bond donors (Lipinski definition) is 0. The lowest BCUT2D eigenvalue weighted by Crippen LogP contribution is -1.87. The summed E-state index contributed by atoms with van der Waals surface area (Å²) in [6.45, 7) is 0. The second kappa shape index (κ2) is 5.04. The van der Waals surface area contributed by atoms with Gasteiger partial charge in [-0.2, -0.15) is 0 Å². The summed E-state index contributed by atoms with van der Waals surface area (Å²) in [4.78, 5) is 4.02. The van der Waals surface area contributed by atoms with Gasteiger partial charge in [-0.3, -0.25) is 0 Å². The van der Waals surface area contributed by atoms with Gasteiger partial charge in [0.2, 0.25) is 5.88 Å². The number of halogens is 3. The monoisotopic (exact) mass is 317 g/mol. The molecule has 0 amide bonds. The molecule has 2 rings (SSSR count). The second-order valence-electron chi connectivity index (χ2n) is 2.99. The average molecular weight is 319 g/mol. The molecule has 1 aromatic carbocycles. The van der Waals surface area contributed by atoms with E-state index >= 15 is 0 Å². The minimum Gasteiger partial charge on any atom is -0.439 e. The lowest BCUT2D eigenvalue weighted by atomic mass is 10.3. The summed E-state index contributed by atoms with van der Waals surface area (Å²) in [6, 6.07) is 8.73. The maximum atomic E-state index is 5.94. The van der Waals surface area contributed by atoms with Crippen molar-refractivity contribution in [1.29, 1.82) is 0 Å². The Balaban J connectivity index is 2.20. The van der Waals surface area contributed by atoms with Gasteiger partial charge < -0.3 is 4.74 Å². The quantitative estimate of drug-likeness (QED) is 0.782. The number of nitrogens with zero attached hydrogens (tertiary/aromatic N) is 1. The van der Waals surface area contributed by atoms with Crippen molar-refractivity contribution in [2.45, 2.75) is 0 Å². The molecule has 0 fully saturated rings. The van der Waals surface area contributed by atoms with Crippen molar-refractivity contribution in [2.75, 3.05) is 0 Å². The SMILES string of the molecule is Clc1ccc(Oc2ccc(Br)c(Cl)c2)nc1. The highest BCUT2D eigenvalue weighted by Gasteiger charge is 2.02. The van der Waals surface area contributed by atoms with E-state index in [2.05, 4.69) is 20.9 Å². The highest BCUT2D eigenvalue weighted by Crippen LogP contribution is 2.29. The fourth-order valence-corrected chi connectivity index (χ4v) is 1.61. The van der Waals surface area contributed by atoms with Crippen molar-refractivity contribution in [2.24, 2.45) is 0 Å². The summed E-state index contributed by atoms with van der Waals surface area (Å²) in [6.07, 6.45) is 1.53. The Morgan fingerprint density at radius 2 is 1.94 bits per heavy atom. The Labute approximate surface area is 111 Å². The van der Waals surface area contributed by atoms with E-state index in [9.17, 15) is 0 Å². The van der Waals surface area contributed by atoms with Crippen molar-refractivity contribution in [3.05, 3.63) is 51.0 Å². The average Bonchev–Trinajstić information content (AvgIpc) is 2.27. The molecule has 0 aliphatic carbocycles. The topological polar surface area (TPSA) is 22.1 Å². The van der Waals surface area contributed by atoms with Crippen LogP contribution in [0.25, 0.3) is 0 Å². The molecule has 1 heterocycles. The van der Waals surface area contributed by atoms with Gasteiger partial charge in [-0.05, 0) is 34.1 Å². The zero-order valence-corrected chi connectivity index (χ0v) is 11.1. The minimum atomic E-state index is 0.475. The highest BCUT2D eigenvalue weighted by atomic mass is 79.9. The highest BCUT2D eigenvalue weighted by molar-refractivity contribution is 9.10. The molecular weight excluding hydrogens is 313 g/mol. The number of ether oxygens (including phenoxy) is 1. The predicted octanol–water partition coefficient (Wildman–Crippen LogP) is 4.94. The summed E-state index contributed by atoms with van der Waals surface area (Å²) in [5, 5.41) is 1.16. The normalized spacial score (nSPS) is 10.2. The molecule has 0 atom stereocenters. The fraction of sp³-hybridized carbons (Fsp3) is 0. The first-order valence-electron chi connectivity index (χ1n) is 4.39. The first kappa shape index (κ1) is 11.7. The van der Waals surface area contributed by atoms with E-state index in [0.29, 0.717) is 21.7 Å². The fourth-order valence-electron chi connectivity index (χ4n) is 1.08. The van der Waals surface area contributed by atoms with Crippen LogP contribution in [0.1, 0.15) is 0 Å². The molecule has 0 N–H and O–H groups in total. The van der Waals surface area contributed by atoms with Gasteiger partial charge in [-0.1, -0.05) is 23.2 Å². The van der Waals surface area contributed by atoms with Crippen LogP contribution in [0, 0.1) is 0 Å². The van der Waals surface area contributed by atoms with Gasteiger partial charge in [0.05, 0.1) is 10.0 Å². The van der Waals surface area contributed by atoms with E-state index in [0.717, 1.165) is 4.47 Å². The van der Waals surface area contributed by atoms with Gasteiger partial charge >= 0.3 is 0 Å². The molecule has 0 radical (unpaired) electrons. The molecule has 0 bridgehead atoms. The standard InChI is InChI=1S/C11H6BrCl2NO/c12-9-3-2-8(5-10(9)14)16-11-4-1-7(13)6-15-11/h1-6H. The van der Waals surface area contributed by atoms with E-state index in [1.165, 1.54) is 6.20 Å². The number of rotatable bonds is 2. The van der Waals surface area contributed by atoms with E-state index in [-0.39, 0.29) is 0 Å². The van der Waals surface area contributed by atoms with Crippen LogP contribution in [-0.4, -0.2) is 4.98 Å². The Morgan fingerprint density at radius 3 is 2.56 bits per heavy atom. The lowest BCUT2D eigenvalue weighted by molar-refractivity contribution is 0.463. The molecule has 2 nitrogen and oxygen atoms in total. The summed E-state index contributed by atoms with van der Waals surface area (Å²) in [5.74, 6) is 1.10. The van der Waals surface area contributed by atoms with Gasteiger partial charge in [0.15, 0.2) is 0 Å². The molecular formula is C11H6BrCl2NO. The molecule has 0 spiro atoms. The van der Waals surface area contributed by atoms with Crippen molar-refractivity contribution in [3.63, 3.8) is 0 Å². The summed E-state index contributed by atoms with van der Waals surface area (Å²) in [7, 11) is 0. The number of pyridine rings is 1. The van der Waals surface area contributed by atoms with Crippen LogP contribution < -0.4 is 4.74 Å². The van der Waals surface area contributed by atoms with Crippen LogP contribution >= 0.6 is 39.1 Å². The summed E-state index contributed by atoms with van der Waals surface area (Å²) >= 11 is 15.0. The Hall–Kier alpha value is -0.770. The van der Waals surface area contributed by atoms with E-state index in [4.69, 9.17) is 27.9 Å². The van der Waals surface area contributed by atoms with Gasteiger partial charge in [-0.15, -0.1) is 0 Å². The molecule has 0 saturated heterocycles. The van der Waals surface area contributed by atoms with Crippen molar-refractivity contribution >= 4 is 39.1 Å². The number of aromatic nitrogens is 1. The molecule has 82 valence electrons. The summed E-state index contributed by atoms with van der Waals surface area (Å²) in [5.41, 5.74) is 0. The minimum absolute atomic E-state index is 0.475. The van der Waals surface area contributed by atoms with Gasteiger partial charge in [0.25, 0.3) is 0 Å². The Kier molecular flexibility index (Phi) is 3.69. The largest absolute Gasteiger partial charge is 0.439 e. The number of benzene rings is 1. The molecule has 16 heavy (non-hydrogen) atoms. The smallest absolute Gasteiger partial charge is 0.219 e. The Morgan fingerprint density at radius 1 is 1.12 bits per heavy atom. The van der Waals surface area contributed by atoms with Crippen molar-refractivity contribution in [3.8, 4) is 11.6 Å². The van der Waals surface area contributed by atoms with Crippen LogP contribution in [-0.2, 0) is 0 Å². The first-order valence-corrected chi connectivity index (χ1v) is 5.94. The van der Waals surface area contributed by atoms with Gasteiger partial charge in [0, 0.05) is 22.8 Å². The van der Waals surface area contributed by atoms with Crippen molar-refractivity contribution in [1.82, 2.24) is 4.98 Å². The van der Waals surface area contributed by atoms with E-state index in [1.807, 2.05) is 6.07 Å². The molecule has 0 aliphatic heterocycles. The Bertz CT molecular complexity index is 502. The predicted molar refractivity (Wildman–Crippen MR) is 68.5 cm³/mol. The molecule has 0 saturated carbocycles. The van der Waals surface area contributed by atoms with Crippen LogP contribution in [0.5, 0.6) is 11.6 Å². The number of hydrogen-bond acceptors (Lipinski definition) is 2. The third-order valence-corrected chi connectivity index (χ3v) is 3.27. The zero-order valence-electron chi connectivity index (χ0n) is 7.95. The molecule has 2 aromatic rings. The van der Waals surface area contributed by atoms with E-state index < -0.39 is 0 Å². The first-order chi connectivity index (χ1) is 7.65. The van der Waals surface area contributed by atoms with E-state index in [1.54, 1.807) is 24.3 Å². The maximum Gasteiger partial charge on any atom is 0.219 e. The van der Waals surface area contributed by atoms with Gasteiger partial charge in [-0.25, -0.2) is 4.98 Å². The molecule has 1 aromatic heterocycles. The zero-order chi connectivity index (χ0) is 11.5. The summed E-state index contributed by atoms with van der Waals surface area (Å²) < 4.78 is 6.32. The molecule has 5 heteroatoms. The van der Waals surface area contributed by atoms with Crippen LogP contribution in [0.4, 0.5) is 0 Å². The van der Waals surface area contributed by atoms with Crippen molar-refractivity contribution < 1.29 is 4.74 Å². The molecule has 0 unspecified atom stereocenters. The maximum absolute atomic E-state index is 5.94.